The molecule has 5 rings (SSSR count). The van der Waals surface area contributed by atoms with Gasteiger partial charge in [0.2, 0.25) is 0 Å². The Bertz CT molecular complexity index is 1140. The molecule has 8 nitrogen and oxygen atoms in total. The number of thiophene rings is 1. The van der Waals surface area contributed by atoms with Crippen LogP contribution in [0.1, 0.15) is 51.1 Å². The number of aromatic nitrogens is 4. The number of likely N-dealkylation sites (tertiary alicyclic amines) is 1. The normalized spacial score (nSPS) is 19.4. The van der Waals surface area contributed by atoms with E-state index in [4.69, 9.17) is 4.98 Å². The van der Waals surface area contributed by atoms with Crippen LogP contribution >= 0.6 is 11.3 Å². The van der Waals surface area contributed by atoms with E-state index in [1.165, 1.54) is 4.88 Å². The minimum atomic E-state index is -0.0356. The number of hydrogen-bond donors (Lipinski definition) is 1. The molecule has 2 aliphatic heterocycles. The van der Waals surface area contributed by atoms with E-state index in [-0.39, 0.29) is 17.4 Å². The molecule has 0 aliphatic carbocycles. The number of aromatic amines is 1. The number of H-pyrrole nitrogens is 1. The number of fused-ring (bicyclic) bond motifs is 1. The summed E-state index contributed by atoms with van der Waals surface area (Å²) in [5.74, 6) is 0.762. The Balaban J connectivity index is 1.31. The minimum absolute atomic E-state index is 0.0117. The molecule has 1 N–H and O–H groups in total. The van der Waals surface area contributed by atoms with Crippen LogP contribution in [0.5, 0.6) is 0 Å². The van der Waals surface area contributed by atoms with Gasteiger partial charge in [-0.2, -0.15) is 5.10 Å². The quantitative estimate of drug-likeness (QED) is 0.674. The summed E-state index contributed by atoms with van der Waals surface area (Å²) in [6.07, 6.45) is 5.94. The van der Waals surface area contributed by atoms with Gasteiger partial charge >= 0.3 is 0 Å². The molecule has 0 radical (unpaired) electrons. The second-order valence-corrected chi connectivity index (χ2v) is 9.44. The van der Waals surface area contributed by atoms with E-state index >= 15 is 0 Å². The molecule has 5 heterocycles. The lowest BCUT2D eigenvalue weighted by Crippen LogP contribution is -2.41. The molecule has 9 heteroatoms. The number of nitrogens with zero attached hydrogens (tertiary/aromatic N) is 5. The summed E-state index contributed by atoms with van der Waals surface area (Å²) >= 11 is 1.74. The number of hydrogen-bond acceptors (Lipinski definition) is 6. The van der Waals surface area contributed by atoms with Crippen molar-refractivity contribution in [3.05, 3.63) is 67.8 Å². The van der Waals surface area contributed by atoms with Gasteiger partial charge in [-0.05, 0) is 24.3 Å². The van der Waals surface area contributed by atoms with E-state index in [2.05, 4.69) is 32.5 Å². The maximum atomic E-state index is 12.9. The van der Waals surface area contributed by atoms with Crippen molar-refractivity contribution in [1.29, 1.82) is 0 Å². The Labute approximate surface area is 184 Å². The van der Waals surface area contributed by atoms with E-state index in [9.17, 15) is 9.59 Å². The SMILES string of the molecule is Cn1cc(C(=O)N2CCCC(c3nc4c(c(=O)[nH]3)CN(Cc3cccs3)CC4)C2)cn1. The maximum absolute atomic E-state index is 12.9. The zero-order chi connectivity index (χ0) is 21.4. The molecule has 0 saturated carbocycles. The summed E-state index contributed by atoms with van der Waals surface area (Å²) in [7, 11) is 1.80. The lowest BCUT2D eigenvalue weighted by Gasteiger charge is -2.33. The average Bonchev–Trinajstić information content (AvgIpc) is 3.45. The number of amides is 1. The van der Waals surface area contributed by atoms with E-state index in [0.717, 1.165) is 56.0 Å². The van der Waals surface area contributed by atoms with Crippen LogP contribution in [0.25, 0.3) is 0 Å². The minimum Gasteiger partial charge on any atom is -0.338 e. The summed E-state index contributed by atoms with van der Waals surface area (Å²) in [5, 5.41) is 6.19. The van der Waals surface area contributed by atoms with Crippen molar-refractivity contribution in [2.24, 2.45) is 7.05 Å². The number of rotatable bonds is 4. The lowest BCUT2D eigenvalue weighted by atomic mass is 9.96. The summed E-state index contributed by atoms with van der Waals surface area (Å²) < 4.78 is 1.64. The molecular formula is C22H26N6O2S. The molecule has 1 amide bonds. The first-order valence-electron chi connectivity index (χ1n) is 10.7. The van der Waals surface area contributed by atoms with Crippen molar-refractivity contribution < 1.29 is 4.79 Å². The molecule has 0 spiro atoms. The molecule has 1 unspecified atom stereocenters. The lowest BCUT2D eigenvalue weighted by molar-refractivity contribution is 0.0704. The van der Waals surface area contributed by atoms with Gasteiger partial charge in [-0.25, -0.2) is 4.98 Å². The van der Waals surface area contributed by atoms with Crippen LogP contribution in [0.3, 0.4) is 0 Å². The summed E-state index contributed by atoms with van der Waals surface area (Å²) in [5.41, 5.74) is 2.26. The van der Waals surface area contributed by atoms with Crippen LogP contribution in [0, 0.1) is 0 Å². The Hall–Kier alpha value is -2.78. The monoisotopic (exact) mass is 438 g/mol. The van der Waals surface area contributed by atoms with Gasteiger partial charge in [-0.3, -0.25) is 19.2 Å². The highest BCUT2D eigenvalue weighted by Gasteiger charge is 2.29. The van der Waals surface area contributed by atoms with Gasteiger partial charge < -0.3 is 9.88 Å². The van der Waals surface area contributed by atoms with E-state index in [0.29, 0.717) is 18.7 Å². The first-order chi connectivity index (χ1) is 15.1. The zero-order valence-electron chi connectivity index (χ0n) is 17.6. The van der Waals surface area contributed by atoms with Gasteiger partial charge in [0.1, 0.15) is 5.82 Å². The van der Waals surface area contributed by atoms with Gasteiger partial charge in [0, 0.05) is 63.2 Å². The predicted molar refractivity (Wildman–Crippen MR) is 118 cm³/mol. The third kappa shape index (κ3) is 4.20. The standard InChI is InChI=1S/C22H26N6O2S/c1-26-11-16(10-23-26)22(30)28-7-2-4-15(12-28)20-24-19-6-8-27(13-17-5-3-9-31-17)14-18(19)21(29)25-20/h3,5,9-11,15H,2,4,6-8,12-14H2,1H3,(H,24,25,29). The summed E-state index contributed by atoms with van der Waals surface area (Å²) in [4.78, 5) is 39.1. The fourth-order valence-corrected chi connectivity index (χ4v) is 5.30. The Kier molecular flexibility index (Phi) is 5.45. The first kappa shape index (κ1) is 20.1. The second-order valence-electron chi connectivity index (χ2n) is 8.41. The predicted octanol–water partition coefficient (Wildman–Crippen LogP) is 2.14. The largest absolute Gasteiger partial charge is 0.338 e. The zero-order valence-corrected chi connectivity index (χ0v) is 18.4. The first-order valence-corrected chi connectivity index (χ1v) is 11.6. The molecule has 31 heavy (non-hydrogen) atoms. The molecule has 2 aliphatic rings. The van der Waals surface area contributed by atoms with E-state index in [1.54, 1.807) is 35.5 Å². The third-order valence-electron chi connectivity index (χ3n) is 6.17. The Morgan fingerprint density at radius 2 is 2.26 bits per heavy atom. The van der Waals surface area contributed by atoms with Crippen LogP contribution in [-0.4, -0.2) is 55.1 Å². The molecule has 162 valence electrons. The summed E-state index contributed by atoms with van der Waals surface area (Å²) in [6.45, 7) is 3.69. The highest BCUT2D eigenvalue weighted by Crippen LogP contribution is 2.26. The van der Waals surface area contributed by atoms with Gasteiger partial charge in [0.15, 0.2) is 0 Å². The molecule has 3 aromatic rings. The van der Waals surface area contributed by atoms with Crippen molar-refractivity contribution in [1.82, 2.24) is 29.5 Å². The Morgan fingerprint density at radius 1 is 1.35 bits per heavy atom. The van der Waals surface area contributed by atoms with Crippen LogP contribution in [0.4, 0.5) is 0 Å². The van der Waals surface area contributed by atoms with Crippen LogP contribution < -0.4 is 5.56 Å². The van der Waals surface area contributed by atoms with Gasteiger partial charge in [-0.1, -0.05) is 6.07 Å². The van der Waals surface area contributed by atoms with Crippen molar-refractivity contribution in [2.45, 2.75) is 38.3 Å². The van der Waals surface area contributed by atoms with E-state index < -0.39 is 0 Å². The maximum Gasteiger partial charge on any atom is 0.257 e. The molecule has 1 atom stereocenters. The van der Waals surface area contributed by atoms with Crippen LogP contribution in [0.15, 0.2) is 34.7 Å². The number of piperidine rings is 1. The molecule has 0 bridgehead atoms. The van der Waals surface area contributed by atoms with Crippen molar-refractivity contribution >= 4 is 17.2 Å². The Morgan fingerprint density at radius 3 is 3.03 bits per heavy atom. The molecule has 0 aromatic carbocycles. The number of carbonyl (C=O) groups excluding carboxylic acids is 1. The number of nitrogens with one attached hydrogen (secondary N) is 1. The van der Waals surface area contributed by atoms with Crippen LogP contribution in [0.2, 0.25) is 0 Å². The van der Waals surface area contributed by atoms with Crippen molar-refractivity contribution in [3.8, 4) is 0 Å². The topological polar surface area (TPSA) is 87.1 Å². The van der Waals surface area contributed by atoms with Crippen molar-refractivity contribution in [2.75, 3.05) is 19.6 Å². The smallest absolute Gasteiger partial charge is 0.257 e. The third-order valence-corrected chi connectivity index (χ3v) is 7.03. The fraction of sp³-hybridized carbons (Fsp3) is 0.455. The molecule has 1 fully saturated rings. The average molecular weight is 439 g/mol. The number of carbonyl (C=O) groups is 1. The number of aryl methyl sites for hydroxylation is 1. The van der Waals surface area contributed by atoms with Crippen molar-refractivity contribution in [3.63, 3.8) is 0 Å². The highest BCUT2D eigenvalue weighted by molar-refractivity contribution is 7.09. The molecular weight excluding hydrogens is 412 g/mol. The van der Waals surface area contributed by atoms with Crippen LogP contribution in [-0.2, 0) is 26.6 Å². The fourth-order valence-electron chi connectivity index (χ4n) is 4.55. The second kappa shape index (κ2) is 8.39. The highest BCUT2D eigenvalue weighted by atomic mass is 32.1. The van der Waals surface area contributed by atoms with Gasteiger partial charge in [0.25, 0.3) is 11.5 Å². The van der Waals surface area contributed by atoms with Gasteiger partial charge in [0.05, 0.1) is 23.0 Å². The molecule has 3 aromatic heterocycles. The summed E-state index contributed by atoms with van der Waals surface area (Å²) in [6, 6.07) is 4.19. The molecule has 1 saturated heterocycles. The van der Waals surface area contributed by atoms with E-state index in [1.807, 2.05) is 4.90 Å². The van der Waals surface area contributed by atoms with Gasteiger partial charge in [-0.15, -0.1) is 11.3 Å².